The summed E-state index contributed by atoms with van der Waals surface area (Å²) in [5.74, 6) is 0.501. The van der Waals surface area contributed by atoms with Crippen molar-refractivity contribution in [2.45, 2.75) is 11.8 Å². The molecule has 0 atom stereocenters. The van der Waals surface area contributed by atoms with E-state index in [9.17, 15) is 13.5 Å². The molecule has 5 nitrogen and oxygen atoms in total. The number of phenols is 1. The fourth-order valence-electron chi connectivity index (χ4n) is 2.45. The minimum Gasteiger partial charge on any atom is -0.508 e. The van der Waals surface area contributed by atoms with E-state index in [2.05, 4.69) is 25.6 Å². The van der Waals surface area contributed by atoms with Crippen LogP contribution in [0.15, 0.2) is 82.2 Å². The van der Waals surface area contributed by atoms with Gasteiger partial charge in [0.2, 0.25) is 0 Å². The number of sulfonamides is 1. The molecule has 3 rings (SSSR count). The van der Waals surface area contributed by atoms with Crippen LogP contribution in [-0.4, -0.2) is 19.4 Å². The molecule has 27 heavy (non-hydrogen) atoms. The Bertz CT molecular complexity index is 1080. The molecule has 3 N–H and O–H groups in total. The zero-order chi connectivity index (χ0) is 19.4. The summed E-state index contributed by atoms with van der Waals surface area (Å²) in [4.78, 5) is 0.155. The molecule has 0 radical (unpaired) electrons. The molecule has 3 aromatic rings. The second-order valence-electron chi connectivity index (χ2n) is 5.93. The number of phenolic OH excluding ortho intramolecular Hbond substituents is 1. The van der Waals surface area contributed by atoms with Gasteiger partial charge in [-0.1, -0.05) is 34.1 Å². The topological polar surface area (TPSA) is 80.4 Å². The molecular formula is C20H18BrN2O3S+. The quantitative estimate of drug-likeness (QED) is 0.327. The highest BCUT2D eigenvalue weighted by Crippen LogP contribution is 2.20. The van der Waals surface area contributed by atoms with E-state index >= 15 is 0 Å². The van der Waals surface area contributed by atoms with E-state index in [1.54, 1.807) is 49.4 Å². The van der Waals surface area contributed by atoms with Crippen LogP contribution >= 0.6 is 15.9 Å². The maximum atomic E-state index is 12.8. The molecule has 0 aliphatic rings. The minimum atomic E-state index is -3.78. The summed E-state index contributed by atoms with van der Waals surface area (Å²) in [6.07, 6.45) is 0. The summed E-state index contributed by atoms with van der Waals surface area (Å²) in [6.45, 7) is 1.77. The third kappa shape index (κ3) is 4.75. The average molecular weight is 446 g/mol. The van der Waals surface area contributed by atoms with E-state index in [1.165, 1.54) is 12.1 Å². The molecule has 0 aliphatic carbocycles. The third-order valence-electron chi connectivity index (χ3n) is 3.89. The van der Waals surface area contributed by atoms with Crippen molar-refractivity contribution in [3.8, 4) is 5.75 Å². The molecule has 138 valence electrons. The molecule has 7 heteroatoms. The Labute approximate surface area is 166 Å². The maximum Gasteiger partial charge on any atom is 0.328 e. The van der Waals surface area contributed by atoms with E-state index in [0.717, 1.165) is 4.47 Å². The lowest BCUT2D eigenvalue weighted by molar-refractivity contribution is -0.266. The molecular weight excluding hydrogens is 428 g/mol. The predicted octanol–water partition coefficient (Wildman–Crippen LogP) is 2.79. The van der Waals surface area contributed by atoms with Crippen LogP contribution in [0.5, 0.6) is 5.75 Å². The minimum absolute atomic E-state index is 0.155. The first kappa shape index (κ1) is 19.1. The highest BCUT2D eigenvalue weighted by Gasteiger charge is 2.20. The van der Waals surface area contributed by atoms with Crippen LogP contribution in [0.4, 0.5) is 5.69 Å². The summed E-state index contributed by atoms with van der Waals surface area (Å²) in [7, 11) is -3.78. The fourth-order valence-corrected chi connectivity index (χ4v) is 3.76. The number of halogens is 1. The number of amidine groups is 1. The van der Waals surface area contributed by atoms with Gasteiger partial charge in [0, 0.05) is 4.47 Å². The lowest BCUT2D eigenvalue weighted by Gasteiger charge is -2.06. The van der Waals surface area contributed by atoms with Gasteiger partial charge in [-0.3, -0.25) is 0 Å². The number of aryl methyl sites for hydroxylation is 1. The largest absolute Gasteiger partial charge is 0.508 e. The van der Waals surface area contributed by atoms with Crippen LogP contribution in [-0.2, 0) is 10.0 Å². The Morgan fingerprint density at radius 2 is 1.67 bits per heavy atom. The Morgan fingerprint density at radius 3 is 2.30 bits per heavy atom. The van der Waals surface area contributed by atoms with Crippen LogP contribution in [0.2, 0.25) is 0 Å². The van der Waals surface area contributed by atoms with E-state index in [-0.39, 0.29) is 10.6 Å². The summed E-state index contributed by atoms with van der Waals surface area (Å²) < 4.78 is 29.0. The lowest BCUT2D eigenvalue weighted by Crippen LogP contribution is -2.78. The zero-order valence-corrected chi connectivity index (χ0v) is 16.9. The number of hydrogen-bond donors (Lipinski definition) is 3. The molecule has 3 aromatic carbocycles. The van der Waals surface area contributed by atoms with Gasteiger partial charge in [0.25, 0.3) is 5.84 Å². The summed E-state index contributed by atoms with van der Waals surface area (Å²) in [5.41, 5.74) is 2.02. The van der Waals surface area contributed by atoms with Gasteiger partial charge in [0.1, 0.15) is 16.3 Å². The highest BCUT2D eigenvalue weighted by atomic mass is 79.9. The van der Waals surface area contributed by atoms with Gasteiger partial charge in [-0.2, -0.15) is 12.8 Å². The van der Waals surface area contributed by atoms with Crippen molar-refractivity contribution in [3.63, 3.8) is 0 Å². The van der Waals surface area contributed by atoms with Gasteiger partial charge in [0.05, 0.1) is 5.56 Å². The van der Waals surface area contributed by atoms with E-state index in [1.807, 2.05) is 18.2 Å². The first-order valence-corrected chi connectivity index (χ1v) is 10.4. The number of benzene rings is 3. The number of aromatic hydroxyl groups is 1. The monoisotopic (exact) mass is 445 g/mol. The Balaban J connectivity index is 2.05. The maximum absolute atomic E-state index is 12.8. The zero-order valence-electron chi connectivity index (χ0n) is 14.5. The van der Waals surface area contributed by atoms with Crippen molar-refractivity contribution < 1.29 is 17.9 Å². The van der Waals surface area contributed by atoms with Crippen LogP contribution < -0.4 is 9.71 Å². The second-order valence-corrected chi connectivity index (χ2v) is 8.52. The van der Waals surface area contributed by atoms with Gasteiger partial charge in [-0.15, -0.1) is 0 Å². The molecule has 0 amide bonds. The van der Waals surface area contributed by atoms with Crippen LogP contribution in [0.25, 0.3) is 0 Å². The van der Waals surface area contributed by atoms with E-state index in [4.69, 9.17) is 0 Å². The van der Waals surface area contributed by atoms with Gasteiger partial charge in [-0.25, -0.2) is 5.32 Å². The molecule has 0 saturated heterocycles. The molecule has 0 saturated carbocycles. The van der Waals surface area contributed by atoms with Gasteiger partial charge >= 0.3 is 10.0 Å². The summed E-state index contributed by atoms with van der Waals surface area (Å²) in [5, 5.41) is 12.8. The number of hydrogen-bond acceptors (Lipinski definition) is 3. The normalized spacial score (nSPS) is 12.0. The van der Waals surface area contributed by atoms with Crippen molar-refractivity contribution in [3.05, 3.63) is 88.4 Å². The average Bonchev–Trinajstić information content (AvgIpc) is 2.65. The second kappa shape index (κ2) is 7.94. The Hall–Kier alpha value is -2.64. The summed E-state index contributed by atoms with van der Waals surface area (Å²) >= 11 is 3.30. The summed E-state index contributed by atoms with van der Waals surface area (Å²) in [6, 6.07) is 20.5. The molecule has 0 bridgehead atoms. The third-order valence-corrected chi connectivity index (χ3v) is 5.78. The van der Waals surface area contributed by atoms with Crippen molar-refractivity contribution in [2.24, 2.45) is 0 Å². The van der Waals surface area contributed by atoms with Crippen LogP contribution in [0.3, 0.4) is 0 Å². The van der Waals surface area contributed by atoms with E-state index in [0.29, 0.717) is 22.6 Å². The molecule has 0 aromatic heterocycles. The first-order valence-electron chi connectivity index (χ1n) is 8.12. The number of anilines is 1. The van der Waals surface area contributed by atoms with Crippen LogP contribution in [0.1, 0.15) is 11.1 Å². The molecule has 0 fully saturated rings. The van der Waals surface area contributed by atoms with Crippen molar-refractivity contribution in [1.82, 2.24) is 0 Å². The molecule has 0 aliphatic heterocycles. The van der Waals surface area contributed by atoms with Crippen molar-refractivity contribution in [2.75, 3.05) is 5.32 Å². The van der Waals surface area contributed by atoms with Gasteiger partial charge < -0.3 is 5.11 Å². The standard InChI is InChI=1S/C20H17BrN2O3S/c1-14-13-17(9-12-19(14)24)22-20(15-5-3-2-4-6-15)23-27(25,26)18-10-7-16(21)8-11-18/h2-13,24H,1H3,(H,22,23)/p+1. The lowest BCUT2D eigenvalue weighted by atomic mass is 10.1. The molecule has 0 spiro atoms. The molecule has 0 unspecified atom stereocenters. The van der Waals surface area contributed by atoms with Crippen LogP contribution in [0, 0.1) is 6.92 Å². The first-order chi connectivity index (χ1) is 12.8. The highest BCUT2D eigenvalue weighted by molar-refractivity contribution is 9.10. The van der Waals surface area contributed by atoms with E-state index < -0.39 is 10.0 Å². The number of rotatable bonds is 4. The Morgan fingerprint density at radius 1 is 1.00 bits per heavy atom. The SMILES string of the molecule is Cc1cc(NC(=[NH+]S(=O)(=O)c2ccc(Br)cc2)c2ccccc2)ccc1O. The molecule has 0 heterocycles. The van der Waals surface area contributed by atoms with Crippen molar-refractivity contribution >= 4 is 37.5 Å². The van der Waals surface area contributed by atoms with Gasteiger partial charge in [0.15, 0.2) is 0 Å². The smallest absolute Gasteiger partial charge is 0.328 e. The Kier molecular flexibility index (Phi) is 5.62. The van der Waals surface area contributed by atoms with Crippen molar-refractivity contribution in [1.29, 1.82) is 0 Å². The predicted molar refractivity (Wildman–Crippen MR) is 109 cm³/mol. The number of nitrogens with one attached hydrogen (secondary N) is 2. The fraction of sp³-hybridized carbons (Fsp3) is 0.0500. The van der Waals surface area contributed by atoms with Gasteiger partial charge in [-0.05, 0) is 67.1 Å².